The fourth-order valence-corrected chi connectivity index (χ4v) is 7.19. The van der Waals surface area contributed by atoms with Gasteiger partial charge in [-0.05, 0) is 111 Å². The summed E-state index contributed by atoms with van der Waals surface area (Å²) in [6.45, 7) is 17.4. The number of anilines is 1. The second-order valence-electron chi connectivity index (χ2n) is 16.8. The van der Waals surface area contributed by atoms with Gasteiger partial charge in [0.05, 0.1) is 17.5 Å². The van der Waals surface area contributed by atoms with Crippen LogP contribution in [0.3, 0.4) is 0 Å². The number of nitrogens with one attached hydrogen (secondary N) is 1. The highest BCUT2D eigenvalue weighted by molar-refractivity contribution is 5.97. The molecule has 2 amide bonds. The summed E-state index contributed by atoms with van der Waals surface area (Å²) in [6, 6.07) is 19.3. The number of nitrogens with zero attached hydrogens (tertiary/aromatic N) is 5. The van der Waals surface area contributed by atoms with Gasteiger partial charge in [-0.15, -0.1) is 0 Å². The van der Waals surface area contributed by atoms with Gasteiger partial charge in [-0.3, -0.25) is 4.90 Å². The van der Waals surface area contributed by atoms with Crippen molar-refractivity contribution in [3.8, 4) is 11.5 Å². The molecular formula is C42H56N6O7. The number of fused-ring (bicyclic) bond motifs is 2. The van der Waals surface area contributed by atoms with E-state index in [2.05, 4.69) is 19.9 Å². The number of rotatable bonds is 12. The van der Waals surface area contributed by atoms with Gasteiger partial charge in [-0.25, -0.2) is 19.6 Å². The van der Waals surface area contributed by atoms with Crippen LogP contribution in [0.2, 0.25) is 0 Å². The Balaban J connectivity index is 1.08. The third kappa shape index (κ3) is 10.1. The third-order valence-electron chi connectivity index (χ3n) is 9.50. The Morgan fingerprint density at radius 3 is 2.24 bits per heavy atom. The van der Waals surface area contributed by atoms with Crippen molar-refractivity contribution in [2.45, 2.75) is 110 Å². The zero-order valence-electron chi connectivity index (χ0n) is 33.6. The number of carbonyl (C=O) groups is 2. The molecule has 0 spiro atoms. The number of para-hydroxylation sites is 1. The molecular weight excluding hydrogens is 700 g/mol. The lowest BCUT2D eigenvalue weighted by molar-refractivity contribution is -0.160. The summed E-state index contributed by atoms with van der Waals surface area (Å²) in [4.78, 5) is 38.5. The maximum atomic E-state index is 13.3. The predicted molar refractivity (Wildman–Crippen MR) is 210 cm³/mol. The van der Waals surface area contributed by atoms with Crippen LogP contribution in [-0.2, 0) is 25.5 Å². The number of ether oxygens (including phenoxy) is 5. The van der Waals surface area contributed by atoms with E-state index in [0.717, 1.165) is 35.3 Å². The number of hydrogen-bond donors (Lipinski definition) is 1. The smallest absolute Gasteiger partial charge is 0.415 e. The van der Waals surface area contributed by atoms with Gasteiger partial charge in [0, 0.05) is 38.8 Å². The fraction of sp³-hybridized carbons (Fsp3) is 0.524. The first-order valence-corrected chi connectivity index (χ1v) is 19.1. The molecule has 0 unspecified atom stereocenters. The molecule has 1 aliphatic carbocycles. The van der Waals surface area contributed by atoms with E-state index in [-0.39, 0.29) is 30.3 Å². The van der Waals surface area contributed by atoms with Crippen LogP contribution in [0.25, 0.3) is 11.0 Å². The number of aromatic nitrogens is 3. The predicted octanol–water partition coefficient (Wildman–Crippen LogP) is 8.09. The zero-order valence-corrected chi connectivity index (χ0v) is 33.6. The van der Waals surface area contributed by atoms with Crippen LogP contribution in [0.4, 0.5) is 15.4 Å². The zero-order chi connectivity index (χ0) is 39.5. The quantitative estimate of drug-likeness (QED) is 0.142. The summed E-state index contributed by atoms with van der Waals surface area (Å²) in [7, 11) is 1.66. The van der Waals surface area contributed by atoms with Gasteiger partial charge in [0.25, 0.3) is 0 Å². The molecule has 0 bridgehead atoms. The molecule has 296 valence electrons. The molecule has 1 aliphatic heterocycles. The average Bonchev–Trinajstić information content (AvgIpc) is 3.77. The molecule has 1 saturated carbocycles. The summed E-state index contributed by atoms with van der Waals surface area (Å²) < 4.78 is 32.5. The van der Waals surface area contributed by atoms with Gasteiger partial charge < -0.3 is 38.5 Å². The molecule has 0 radical (unpaired) electrons. The first-order valence-electron chi connectivity index (χ1n) is 19.1. The second kappa shape index (κ2) is 16.2. The Bertz CT molecular complexity index is 1920. The van der Waals surface area contributed by atoms with Gasteiger partial charge >= 0.3 is 12.2 Å². The van der Waals surface area contributed by atoms with Crippen molar-refractivity contribution in [1.82, 2.24) is 24.8 Å². The number of benzene rings is 2. The van der Waals surface area contributed by atoms with Crippen LogP contribution in [-0.4, -0.2) is 87.5 Å². The first-order chi connectivity index (χ1) is 26.0. The minimum Gasteiger partial charge on any atom is -0.457 e. The molecule has 2 fully saturated rings. The fourth-order valence-electron chi connectivity index (χ4n) is 7.19. The van der Waals surface area contributed by atoms with E-state index in [1.165, 1.54) is 11.2 Å². The van der Waals surface area contributed by atoms with Crippen LogP contribution >= 0.6 is 0 Å². The molecule has 55 heavy (non-hydrogen) atoms. The lowest BCUT2D eigenvalue weighted by Crippen LogP contribution is -2.38. The van der Waals surface area contributed by atoms with Crippen molar-refractivity contribution in [1.29, 1.82) is 0 Å². The van der Waals surface area contributed by atoms with E-state index in [1.54, 1.807) is 11.9 Å². The van der Waals surface area contributed by atoms with Gasteiger partial charge in [-0.2, -0.15) is 0 Å². The Morgan fingerprint density at radius 2 is 1.55 bits per heavy atom. The molecule has 2 aromatic carbocycles. The van der Waals surface area contributed by atoms with Gasteiger partial charge in [0.15, 0.2) is 11.6 Å². The summed E-state index contributed by atoms with van der Waals surface area (Å²) in [5, 5.41) is 4.39. The Kier molecular flexibility index (Phi) is 11.7. The van der Waals surface area contributed by atoms with Gasteiger partial charge in [0.1, 0.15) is 40.8 Å². The number of hydrogen-bond acceptors (Lipinski definition) is 10. The normalized spacial score (nSPS) is 20.6. The molecule has 3 heterocycles. The van der Waals surface area contributed by atoms with Crippen LogP contribution < -0.4 is 15.0 Å². The standard InChI is InChI=1S/C42H56N6O7/c1-40(2,3)54-38(49)46(9)36-32-20-23-48(37(32)45-27-44-36)33-24-29(34-35(33)53-42(7,8)52-34)25-43-21-13-22-47(39(50)55-41(4,5)6)26-28-16-18-31(19-17-28)51-30-14-11-10-12-15-30/h10-12,14-20,23,27,29,33-35,43H,13,21-22,24-26H2,1-9H3/t29-,33-,34-,35+/m1/s1. The van der Waals surface area contributed by atoms with E-state index in [0.29, 0.717) is 37.6 Å². The highest BCUT2D eigenvalue weighted by Crippen LogP contribution is 2.47. The highest BCUT2D eigenvalue weighted by Gasteiger charge is 2.54. The number of carbonyl (C=O) groups excluding carboxylic acids is 2. The van der Waals surface area contributed by atoms with Gasteiger partial charge in [-0.1, -0.05) is 30.3 Å². The molecule has 4 atom stereocenters. The summed E-state index contributed by atoms with van der Waals surface area (Å²) >= 11 is 0. The highest BCUT2D eigenvalue weighted by atomic mass is 16.8. The molecule has 2 aromatic heterocycles. The van der Waals surface area contributed by atoms with Crippen molar-refractivity contribution in [3.05, 3.63) is 78.8 Å². The first kappa shape index (κ1) is 40.0. The van der Waals surface area contributed by atoms with Crippen molar-refractivity contribution in [2.75, 3.05) is 31.6 Å². The molecule has 13 nitrogen and oxygen atoms in total. The van der Waals surface area contributed by atoms with Gasteiger partial charge in [0.2, 0.25) is 0 Å². The lowest BCUT2D eigenvalue weighted by Gasteiger charge is -2.28. The maximum Gasteiger partial charge on any atom is 0.415 e. The van der Waals surface area contributed by atoms with Crippen LogP contribution in [0.5, 0.6) is 11.5 Å². The summed E-state index contributed by atoms with van der Waals surface area (Å²) in [5.74, 6) is 1.41. The van der Waals surface area contributed by atoms with Crippen LogP contribution in [0.15, 0.2) is 73.2 Å². The monoisotopic (exact) mass is 756 g/mol. The van der Waals surface area contributed by atoms with E-state index >= 15 is 0 Å². The number of amides is 2. The average molecular weight is 757 g/mol. The Labute approximate surface area is 324 Å². The molecule has 2 aliphatic rings. The molecule has 13 heteroatoms. The SMILES string of the molecule is CN(C(=O)OC(C)(C)C)c1ncnc2c1ccn2[C@@H]1C[C@H](CNCCCN(Cc2ccc(Oc3ccccc3)cc2)C(=O)OC(C)(C)C)[C@H]2OC(C)(C)O[C@H]21. The van der Waals surface area contributed by atoms with Crippen LogP contribution in [0, 0.1) is 5.92 Å². The largest absolute Gasteiger partial charge is 0.457 e. The van der Waals surface area contributed by atoms with Crippen molar-refractivity contribution in [3.63, 3.8) is 0 Å². The summed E-state index contributed by atoms with van der Waals surface area (Å²) in [5.41, 5.74) is 0.448. The topological polar surface area (TPSA) is 130 Å². The minimum atomic E-state index is -0.730. The lowest BCUT2D eigenvalue weighted by atomic mass is 10.1. The van der Waals surface area contributed by atoms with Crippen molar-refractivity contribution >= 4 is 29.0 Å². The summed E-state index contributed by atoms with van der Waals surface area (Å²) in [6.07, 6.45) is 3.86. The maximum absolute atomic E-state index is 13.3. The molecule has 4 aromatic rings. The molecule has 6 rings (SSSR count). The van der Waals surface area contributed by atoms with Crippen LogP contribution in [0.1, 0.15) is 79.8 Å². The molecule has 1 N–H and O–H groups in total. The van der Waals surface area contributed by atoms with E-state index in [4.69, 9.17) is 23.7 Å². The second-order valence-corrected chi connectivity index (χ2v) is 16.8. The Morgan fingerprint density at radius 1 is 0.891 bits per heavy atom. The molecule has 1 saturated heterocycles. The minimum absolute atomic E-state index is 0.0437. The van der Waals surface area contributed by atoms with Crippen molar-refractivity contribution in [2.24, 2.45) is 5.92 Å². The Hall–Kier alpha value is -4.72. The van der Waals surface area contributed by atoms with E-state index in [1.807, 2.05) is 122 Å². The third-order valence-corrected chi connectivity index (χ3v) is 9.50. The van der Waals surface area contributed by atoms with Crippen molar-refractivity contribution < 1.29 is 33.3 Å². The van der Waals surface area contributed by atoms with E-state index in [9.17, 15) is 9.59 Å². The van der Waals surface area contributed by atoms with E-state index < -0.39 is 23.1 Å².